The Labute approximate surface area is 96.3 Å². The predicted octanol–water partition coefficient (Wildman–Crippen LogP) is 0.550. The van der Waals surface area contributed by atoms with Crippen molar-refractivity contribution >= 4 is 32.5 Å². The number of carbonyl (C=O) groups is 1. The molecule has 1 aliphatic carbocycles. The minimum absolute atomic E-state index is 0.0477. The van der Waals surface area contributed by atoms with Crippen LogP contribution in [-0.2, 0) is 23.1 Å². The Bertz CT molecular complexity index is 547. The smallest absolute Gasteiger partial charge is 0.339 e. The van der Waals surface area contributed by atoms with Crippen molar-refractivity contribution in [2.45, 2.75) is 19.3 Å². The zero-order chi connectivity index (χ0) is 11.9. The van der Waals surface area contributed by atoms with Crippen molar-refractivity contribution in [3.05, 3.63) is 16.0 Å². The van der Waals surface area contributed by atoms with E-state index in [1.165, 1.54) is 0 Å². The van der Waals surface area contributed by atoms with Gasteiger partial charge >= 0.3 is 5.97 Å². The van der Waals surface area contributed by atoms with E-state index in [1.807, 2.05) is 4.72 Å². The third kappa shape index (κ3) is 2.04. The van der Waals surface area contributed by atoms with E-state index in [1.54, 1.807) is 0 Å². The van der Waals surface area contributed by atoms with Crippen molar-refractivity contribution in [2.24, 2.45) is 5.14 Å². The maximum Gasteiger partial charge on any atom is 0.339 e. The highest BCUT2D eigenvalue weighted by atomic mass is 32.2. The third-order valence-corrected chi connectivity index (χ3v) is 4.20. The van der Waals surface area contributed by atoms with E-state index in [0.717, 1.165) is 34.6 Å². The molecule has 0 saturated carbocycles. The molecular weight excluding hydrogens is 252 g/mol. The summed E-state index contributed by atoms with van der Waals surface area (Å²) < 4.78 is 23.8. The van der Waals surface area contributed by atoms with Crippen LogP contribution in [0.25, 0.3) is 0 Å². The Hall–Kier alpha value is -1.12. The predicted molar refractivity (Wildman–Crippen MR) is 60.0 cm³/mol. The SMILES string of the molecule is NS(=O)(=O)Nc1sc2c(c1C(=O)O)CCC2. The van der Waals surface area contributed by atoms with E-state index >= 15 is 0 Å². The average Bonchev–Trinajstić information content (AvgIpc) is 2.58. The summed E-state index contributed by atoms with van der Waals surface area (Å²) >= 11 is 1.15. The standard InChI is InChI=1S/C8H10N2O4S2/c9-16(13,14)10-7-6(8(11)12)4-2-1-3-5(4)15-7/h10H,1-3H2,(H,11,12)(H2,9,13,14). The Morgan fingerprint density at radius 2 is 2.12 bits per heavy atom. The van der Waals surface area contributed by atoms with Gasteiger partial charge in [0.2, 0.25) is 0 Å². The minimum Gasteiger partial charge on any atom is -0.478 e. The first-order valence-electron chi connectivity index (χ1n) is 4.57. The number of hydrogen-bond acceptors (Lipinski definition) is 4. The van der Waals surface area contributed by atoms with Gasteiger partial charge in [0.1, 0.15) is 5.00 Å². The number of carboxylic acids is 1. The largest absolute Gasteiger partial charge is 0.478 e. The molecule has 0 atom stereocenters. The number of thiophene rings is 1. The molecule has 4 N–H and O–H groups in total. The summed E-state index contributed by atoms with van der Waals surface area (Å²) in [5.41, 5.74) is 0.787. The van der Waals surface area contributed by atoms with E-state index in [-0.39, 0.29) is 10.6 Å². The fourth-order valence-corrected chi connectivity index (χ4v) is 3.84. The summed E-state index contributed by atoms with van der Waals surface area (Å²) in [4.78, 5) is 12.0. The zero-order valence-corrected chi connectivity index (χ0v) is 9.82. The van der Waals surface area contributed by atoms with Crippen LogP contribution >= 0.6 is 11.3 Å². The lowest BCUT2D eigenvalue weighted by atomic mass is 10.1. The van der Waals surface area contributed by atoms with Crippen LogP contribution in [0.3, 0.4) is 0 Å². The second kappa shape index (κ2) is 3.72. The lowest BCUT2D eigenvalue weighted by molar-refractivity contribution is 0.0697. The number of rotatable bonds is 3. The van der Waals surface area contributed by atoms with Crippen LogP contribution in [-0.4, -0.2) is 19.5 Å². The molecular formula is C8H10N2O4S2. The van der Waals surface area contributed by atoms with Gasteiger partial charge in [-0.15, -0.1) is 11.3 Å². The first-order valence-corrected chi connectivity index (χ1v) is 6.93. The highest BCUT2D eigenvalue weighted by Gasteiger charge is 2.27. The summed E-state index contributed by atoms with van der Waals surface area (Å²) in [7, 11) is -3.92. The van der Waals surface area contributed by atoms with E-state index in [0.29, 0.717) is 6.42 Å². The van der Waals surface area contributed by atoms with E-state index < -0.39 is 16.2 Å². The number of anilines is 1. The van der Waals surface area contributed by atoms with E-state index in [4.69, 9.17) is 10.2 Å². The van der Waals surface area contributed by atoms with Crippen LogP contribution in [0.2, 0.25) is 0 Å². The highest BCUT2D eigenvalue weighted by molar-refractivity contribution is 7.90. The quantitative estimate of drug-likeness (QED) is 0.738. The Morgan fingerprint density at radius 1 is 1.44 bits per heavy atom. The van der Waals surface area contributed by atoms with E-state index in [2.05, 4.69) is 0 Å². The number of hydrogen-bond donors (Lipinski definition) is 3. The summed E-state index contributed by atoms with van der Waals surface area (Å²) in [5, 5.41) is 14.0. The van der Waals surface area contributed by atoms with Crippen LogP contribution in [0.15, 0.2) is 0 Å². The van der Waals surface area contributed by atoms with Gasteiger partial charge in [-0.25, -0.2) is 9.93 Å². The average molecular weight is 262 g/mol. The maximum atomic E-state index is 11.1. The molecule has 0 aliphatic heterocycles. The van der Waals surface area contributed by atoms with Crippen molar-refractivity contribution < 1.29 is 18.3 Å². The molecule has 1 aromatic heterocycles. The van der Waals surface area contributed by atoms with Gasteiger partial charge in [-0.1, -0.05) is 0 Å². The van der Waals surface area contributed by atoms with E-state index in [9.17, 15) is 13.2 Å². The van der Waals surface area contributed by atoms with Crippen LogP contribution in [0.1, 0.15) is 27.2 Å². The molecule has 0 fully saturated rings. The Morgan fingerprint density at radius 3 is 2.69 bits per heavy atom. The van der Waals surface area contributed by atoms with Gasteiger partial charge in [-0.05, 0) is 24.8 Å². The number of fused-ring (bicyclic) bond motifs is 1. The Kier molecular flexibility index (Phi) is 2.64. The molecule has 1 aromatic rings. The fraction of sp³-hybridized carbons (Fsp3) is 0.375. The summed E-state index contributed by atoms with van der Waals surface area (Å²) in [6.45, 7) is 0. The normalized spacial score (nSPS) is 14.8. The number of nitrogens with one attached hydrogen (secondary N) is 1. The molecule has 1 aliphatic rings. The number of carboxylic acid groups (broad SMARTS) is 1. The summed E-state index contributed by atoms with van der Waals surface area (Å²) in [5.74, 6) is -1.12. The number of aryl methyl sites for hydroxylation is 1. The van der Waals surface area contributed by atoms with Crippen molar-refractivity contribution in [1.82, 2.24) is 0 Å². The van der Waals surface area contributed by atoms with Gasteiger partial charge in [0.25, 0.3) is 10.2 Å². The minimum atomic E-state index is -3.92. The number of nitrogens with two attached hydrogens (primary N) is 1. The summed E-state index contributed by atoms with van der Waals surface area (Å²) in [6, 6.07) is 0. The first kappa shape index (κ1) is 11.4. The second-order valence-electron chi connectivity index (χ2n) is 3.51. The first-order chi connectivity index (χ1) is 7.38. The molecule has 0 aromatic carbocycles. The molecule has 0 radical (unpaired) electrons. The molecule has 0 saturated heterocycles. The topological polar surface area (TPSA) is 109 Å². The van der Waals surface area contributed by atoms with Gasteiger partial charge in [0.05, 0.1) is 5.56 Å². The molecule has 0 unspecified atom stereocenters. The molecule has 88 valence electrons. The van der Waals surface area contributed by atoms with Gasteiger partial charge in [0.15, 0.2) is 0 Å². The van der Waals surface area contributed by atoms with Gasteiger partial charge < -0.3 is 5.11 Å². The molecule has 1 heterocycles. The van der Waals surface area contributed by atoms with Crippen LogP contribution in [0.4, 0.5) is 5.00 Å². The summed E-state index contributed by atoms with van der Waals surface area (Å²) in [6.07, 6.45) is 2.39. The number of aromatic carboxylic acids is 1. The molecule has 16 heavy (non-hydrogen) atoms. The Balaban J connectivity index is 2.50. The third-order valence-electron chi connectivity index (χ3n) is 2.37. The van der Waals surface area contributed by atoms with Crippen molar-refractivity contribution in [3.63, 3.8) is 0 Å². The van der Waals surface area contributed by atoms with Gasteiger partial charge in [-0.2, -0.15) is 8.42 Å². The lowest BCUT2D eigenvalue weighted by Crippen LogP contribution is -2.22. The maximum absolute atomic E-state index is 11.1. The molecule has 8 heteroatoms. The van der Waals surface area contributed by atoms with Gasteiger partial charge in [0, 0.05) is 4.88 Å². The van der Waals surface area contributed by atoms with Crippen LogP contribution in [0, 0.1) is 0 Å². The van der Waals surface area contributed by atoms with Crippen LogP contribution in [0.5, 0.6) is 0 Å². The second-order valence-corrected chi connectivity index (χ2v) is 5.91. The molecule has 0 spiro atoms. The van der Waals surface area contributed by atoms with Crippen molar-refractivity contribution in [3.8, 4) is 0 Å². The molecule has 2 rings (SSSR count). The van der Waals surface area contributed by atoms with Gasteiger partial charge in [-0.3, -0.25) is 4.72 Å². The molecule has 6 nitrogen and oxygen atoms in total. The van der Waals surface area contributed by atoms with Crippen molar-refractivity contribution in [1.29, 1.82) is 0 Å². The monoisotopic (exact) mass is 262 g/mol. The fourth-order valence-electron chi connectivity index (χ4n) is 1.83. The van der Waals surface area contributed by atoms with Crippen molar-refractivity contribution in [2.75, 3.05) is 4.72 Å². The highest BCUT2D eigenvalue weighted by Crippen LogP contribution is 2.39. The zero-order valence-electron chi connectivity index (χ0n) is 8.19. The lowest BCUT2D eigenvalue weighted by Gasteiger charge is -2.02. The molecule has 0 bridgehead atoms. The molecule has 0 amide bonds. The van der Waals surface area contributed by atoms with Crippen LogP contribution < -0.4 is 9.86 Å².